The van der Waals surface area contributed by atoms with Crippen LogP contribution in [0.3, 0.4) is 0 Å². The van der Waals surface area contributed by atoms with Crippen LogP contribution < -0.4 is 4.89 Å². The number of nitrogens with one attached hydrogen (secondary N) is 1. The van der Waals surface area contributed by atoms with Crippen LogP contribution in [0.1, 0.15) is 36.4 Å². The molecule has 0 amide bonds. The number of rotatable bonds is 10. The molecule has 9 heteroatoms. The van der Waals surface area contributed by atoms with Gasteiger partial charge in [-0.1, -0.05) is 35.6 Å². The second kappa shape index (κ2) is 11.1. The van der Waals surface area contributed by atoms with E-state index in [9.17, 15) is 17.2 Å². The van der Waals surface area contributed by atoms with Crippen LogP contribution in [0.5, 0.6) is 0 Å². The highest BCUT2D eigenvalue weighted by Crippen LogP contribution is 2.30. The van der Waals surface area contributed by atoms with Gasteiger partial charge in [0.1, 0.15) is 11.6 Å². The van der Waals surface area contributed by atoms with E-state index in [0.29, 0.717) is 6.42 Å². The molecule has 170 valence electrons. The third kappa shape index (κ3) is 7.05. The summed E-state index contributed by atoms with van der Waals surface area (Å²) < 4.78 is 49.3. The first-order chi connectivity index (χ1) is 14.9. The van der Waals surface area contributed by atoms with E-state index in [0.717, 1.165) is 56.7 Å². The van der Waals surface area contributed by atoms with Crippen molar-refractivity contribution in [1.29, 1.82) is 0 Å². The maximum Gasteiger partial charge on any atom is 0.233 e. The van der Waals surface area contributed by atoms with Crippen molar-refractivity contribution in [3.8, 4) is 0 Å². The Labute approximate surface area is 182 Å². The molecule has 1 fully saturated rings. The van der Waals surface area contributed by atoms with Crippen molar-refractivity contribution in [3.63, 3.8) is 0 Å². The smallest absolute Gasteiger partial charge is 0.233 e. The van der Waals surface area contributed by atoms with Gasteiger partial charge in [0.05, 0.1) is 11.8 Å². The average Bonchev–Trinajstić information content (AvgIpc) is 2.77. The fourth-order valence-corrected chi connectivity index (χ4v) is 4.67. The number of piperazine rings is 1. The van der Waals surface area contributed by atoms with Gasteiger partial charge in [0.2, 0.25) is 10.0 Å². The molecular weight excluding hydrogens is 424 g/mol. The van der Waals surface area contributed by atoms with Crippen molar-refractivity contribution in [2.24, 2.45) is 0 Å². The van der Waals surface area contributed by atoms with E-state index in [1.165, 1.54) is 29.2 Å². The molecule has 0 radical (unpaired) electrons. The Kier molecular flexibility index (Phi) is 8.50. The minimum absolute atomic E-state index is 0.0699. The van der Waals surface area contributed by atoms with Gasteiger partial charge in [0, 0.05) is 26.2 Å². The minimum atomic E-state index is -3.56. The zero-order valence-electron chi connectivity index (χ0n) is 17.4. The van der Waals surface area contributed by atoms with Gasteiger partial charge < -0.3 is 10.1 Å². The van der Waals surface area contributed by atoms with E-state index < -0.39 is 10.0 Å². The van der Waals surface area contributed by atoms with Crippen molar-refractivity contribution in [2.75, 3.05) is 38.5 Å². The molecule has 0 saturated carbocycles. The van der Waals surface area contributed by atoms with Gasteiger partial charge in [-0.15, -0.1) is 0 Å². The summed E-state index contributed by atoms with van der Waals surface area (Å²) in [4.78, 5) is 6.02. The Hall–Kier alpha value is -1.91. The van der Waals surface area contributed by atoms with Crippen LogP contribution in [-0.4, -0.2) is 61.9 Å². The van der Waals surface area contributed by atoms with Crippen molar-refractivity contribution >= 4 is 10.0 Å². The lowest BCUT2D eigenvalue weighted by Gasteiger charge is -2.40. The number of halogens is 2. The van der Waals surface area contributed by atoms with E-state index in [2.05, 4.69) is 9.80 Å². The van der Waals surface area contributed by atoms with Crippen molar-refractivity contribution in [3.05, 3.63) is 71.3 Å². The molecule has 1 saturated heterocycles. The quantitative estimate of drug-likeness (QED) is 0.427. The predicted octanol–water partition coefficient (Wildman–Crippen LogP) is 3.15. The largest absolute Gasteiger partial charge is 0.302 e. The molecule has 1 heterocycles. The summed E-state index contributed by atoms with van der Waals surface area (Å²) in [5, 5.41) is 8.53. The van der Waals surface area contributed by atoms with Crippen molar-refractivity contribution in [2.45, 2.75) is 25.3 Å². The first-order valence-corrected chi connectivity index (χ1v) is 12.1. The van der Waals surface area contributed by atoms with Gasteiger partial charge in [-0.05, 0) is 54.8 Å². The lowest BCUT2D eigenvalue weighted by Crippen LogP contribution is -2.48. The van der Waals surface area contributed by atoms with E-state index in [1.54, 1.807) is 24.3 Å². The Bertz CT molecular complexity index is 871. The summed E-state index contributed by atoms with van der Waals surface area (Å²) >= 11 is 0. The molecule has 1 aliphatic heterocycles. The molecule has 6 nitrogen and oxygen atoms in total. The summed E-state index contributed by atoms with van der Waals surface area (Å²) in [5.41, 5.74) is 1.94. The summed E-state index contributed by atoms with van der Waals surface area (Å²) in [5.74, 6) is -0.642. The van der Waals surface area contributed by atoms with Crippen LogP contribution >= 0.6 is 0 Å². The molecule has 0 spiro atoms. The molecular formula is C22H29F2N3O3S. The Balaban J connectivity index is 1.56. The number of sulfonamides is 1. The first kappa shape index (κ1) is 23.7. The zero-order chi connectivity index (χ0) is 22.3. The van der Waals surface area contributed by atoms with Crippen LogP contribution in [0.2, 0.25) is 0 Å². The third-order valence-electron chi connectivity index (χ3n) is 5.67. The molecule has 0 aliphatic carbocycles. The van der Waals surface area contributed by atoms with Crippen LogP contribution in [0.25, 0.3) is 0 Å². The van der Waals surface area contributed by atoms with E-state index >= 15 is 0 Å². The van der Waals surface area contributed by atoms with Crippen LogP contribution in [-0.2, 0) is 10.0 Å². The normalized spacial score (nSPS) is 16.1. The fourth-order valence-electron chi connectivity index (χ4n) is 4.00. The Morgan fingerprint density at radius 2 is 1.35 bits per heavy atom. The van der Waals surface area contributed by atoms with Crippen molar-refractivity contribution < 1.29 is 22.4 Å². The lowest BCUT2D eigenvalue weighted by atomic mass is 9.96. The molecule has 31 heavy (non-hydrogen) atoms. The third-order valence-corrected chi connectivity index (χ3v) is 6.77. The monoisotopic (exact) mass is 453 g/mol. The van der Waals surface area contributed by atoms with Gasteiger partial charge >= 0.3 is 0 Å². The van der Waals surface area contributed by atoms with E-state index in [1.807, 2.05) is 0 Å². The number of unbranched alkanes of at least 4 members (excludes halogenated alkanes) is 2. The number of hydrogen-bond donors (Lipinski definition) is 2. The summed E-state index contributed by atoms with van der Waals surface area (Å²) in [6, 6.07) is 12.9. The molecule has 2 N–H and O–H groups in total. The highest BCUT2D eigenvalue weighted by Gasteiger charge is 2.26. The molecule has 2 aromatic carbocycles. The molecule has 2 aromatic rings. The van der Waals surface area contributed by atoms with Gasteiger partial charge in [-0.25, -0.2) is 17.2 Å². The highest BCUT2D eigenvalue weighted by atomic mass is 32.2. The second-order valence-electron chi connectivity index (χ2n) is 7.85. The van der Waals surface area contributed by atoms with Gasteiger partial charge in [0.15, 0.2) is 0 Å². The van der Waals surface area contributed by atoms with Gasteiger partial charge in [-0.3, -0.25) is 4.90 Å². The number of benzene rings is 2. The minimum Gasteiger partial charge on any atom is -0.302 e. The van der Waals surface area contributed by atoms with E-state index in [4.69, 9.17) is 5.21 Å². The molecule has 1 aliphatic rings. The van der Waals surface area contributed by atoms with Gasteiger partial charge in [-0.2, -0.15) is 0 Å². The molecule has 0 atom stereocenters. The summed E-state index contributed by atoms with van der Waals surface area (Å²) in [6.07, 6.45) is 2.17. The van der Waals surface area contributed by atoms with Gasteiger partial charge in [0.25, 0.3) is 0 Å². The topological polar surface area (TPSA) is 72.9 Å². The predicted molar refractivity (Wildman–Crippen MR) is 115 cm³/mol. The molecule has 0 unspecified atom stereocenters. The fraction of sp³-hybridized carbons (Fsp3) is 0.455. The number of hydrogen-bond acceptors (Lipinski definition) is 5. The van der Waals surface area contributed by atoms with E-state index in [-0.39, 0.29) is 23.4 Å². The Morgan fingerprint density at radius 1 is 0.839 bits per heavy atom. The SMILES string of the molecule is O=S(=O)(CCCCCN1CCN(C(c2ccc(F)cc2)c2ccc(F)cc2)CC1)NO. The standard InChI is InChI=1S/C22H29F2N3O3S/c23-20-8-4-18(5-9-20)22(19-6-10-21(24)11-7-19)27-15-13-26(14-16-27)12-2-1-3-17-31(29,30)25-28/h4-11,22,25,28H,1-3,12-17H2. The zero-order valence-corrected chi connectivity index (χ0v) is 18.2. The summed E-state index contributed by atoms with van der Waals surface area (Å²) in [7, 11) is -3.56. The first-order valence-electron chi connectivity index (χ1n) is 10.5. The summed E-state index contributed by atoms with van der Waals surface area (Å²) in [6.45, 7) is 4.27. The van der Waals surface area contributed by atoms with Crippen LogP contribution in [0.15, 0.2) is 48.5 Å². The van der Waals surface area contributed by atoms with Crippen LogP contribution in [0, 0.1) is 11.6 Å². The highest BCUT2D eigenvalue weighted by molar-refractivity contribution is 7.89. The van der Waals surface area contributed by atoms with Crippen LogP contribution in [0.4, 0.5) is 8.78 Å². The average molecular weight is 454 g/mol. The second-order valence-corrected chi connectivity index (χ2v) is 9.67. The maximum atomic E-state index is 13.4. The maximum absolute atomic E-state index is 13.4. The number of nitrogens with zero attached hydrogens (tertiary/aromatic N) is 2. The Morgan fingerprint density at radius 3 is 1.84 bits per heavy atom. The van der Waals surface area contributed by atoms with Crippen molar-refractivity contribution in [1.82, 2.24) is 14.7 Å². The lowest BCUT2D eigenvalue weighted by molar-refractivity contribution is 0.108. The molecule has 0 aromatic heterocycles. The molecule has 3 rings (SSSR count). The molecule has 0 bridgehead atoms.